The SMILES string of the molecule is O=C(NCc1cccnc1)C(c1ccccc1)N(Cc1ccc(Cl)cc1)C(=O)CCc1ccc(S(=O)(=O)NC2CC2)cc1. The Bertz CT molecular complexity index is 1630. The van der Waals surface area contributed by atoms with Crippen LogP contribution in [-0.2, 0) is 39.1 Å². The lowest BCUT2D eigenvalue weighted by Crippen LogP contribution is -2.43. The summed E-state index contributed by atoms with van der Waals surface area (Å²) < 4.78 is 27.8. The zero-order valence-corrected chi connectivity index (χ0v) is 25.1. The van der Waals surface area contributed by atoms with Gasteiger partial charge in [-0.05, 0) is 71.8 Å². The summed E-state index contributed by atoms with van der Waals surface area (Å²) in [4.78, 5) is 33.6. The van der Waals surface area contributed by atoms with E-state index in [0.717, 1.165) is 29.5 Å². The van der Waals surface area contributed by atoms with Crippen LogP contribution in [0, 0.1) is 0 Å². The van der Waals surface area contributed by atoms with Gasteiger partial charge in [0.15, 0.2) is 0 Å². The smallest absolute Gasteiger partial charge is 0.247 e. The van der Waals surface area contributed by atoms with E-state index in [-0.39, 0.29) is 42.3 Å². The third kappa shape index (κ3) is 8.50. The van der Waals surface area contributed by atoms with Crippen molar-refractivity contribution >= 4 is 33.4 Å². The molecule has 2 N–H and O–H groups in total. The minimum atomic E-state index is -3.56. The molecule has 8 nitrogen and oxygen atoms in total. The number of hydrogen-bond acceptors (Lipinski definition) is 5. The van der Waals surface area contributed by atoms with Crippen molar-refractivity contribution in [2.24, 2.45) is 0 Å². The van der Waals surface area contributed by atoms with Crippen LogP contribution in [0.15, 0.2) is 108 Å². The molecule has 1 saturated carbocycles. The molecule has 1 aromatic heterocycles. The number of carbonyl (C=O) groups excluding carboxylic acids is 2. The first-order valence-electron chi connectivity index (χ1n) is 14.2. The van der Waals surface area contributed by atoms with Crippen LogP contribution >= 0.6 is 11.6 Å². The second-order valence-electron chi connectivity index (χ2n) is 10.6. The van der Waals surface area contributed by atoms with E-state index in [4.69, 9.17) is 11.6 Å². The lowest BCUT2D eigenvalue weighted by Gasteiger charge is -2.32. The van der Waals surface area contributed by atoms with E-state index in [1.54, 1.807) is 59.8 Å². The third-order valence-electron chi connectivity index (χ3n) is 7.21. The molecule has 0 bridgehead atoms. The maximum atomic E-state index is 13.9. The lowest BCUT2D eigenvalue weighted by atomic mass is 10.0. The van der Waals surface area contributed by atoms with Crippen molar-refractivity contribution in [1.29, 1.82) is 0 Å². The Morgan fingerprint density at radius 2 is 1.58 bits per heavy atom. The quantitative estimate of drug-likeness (QED) is 0.215. The number of halogens is 1. The van der Waals surface area contributed by atoms with Gasteiger partial charge < -0.3 is 10.2 Å². The van der Waals surface area contributed by atoms with Gasteiger partial charge in [-0.2, -0.15) is 0 Å². The standard InChI is InChI=1S/C33H33ClN4O4S/c34-28-13-8-25(9-14-28)23-38(31(39)19-12-24-10-17-30(18-11-24)43(41,42)37-29-15-16-29)32(27-6-2-1-3-7-27)33(40)36-22-26-5-4-20-35-21-26/h1-11,13-14,17-18,20-21,29,32,37H,12,15-16,19,22-23H2,(H,36,40). The van der Waals surface area contributed by atoms with Crippen molar-refractivity contribution in [1.82, 2.24) is 19.9 Å². The van der Waals surface area contributed by atoms with Crippen LogP contribution in [0.4, 0.5) is 0 Å². The summed E-state index contributed by atoms with van der Waals surface area (Å²) >= 11 is 6.11. The van der Waals surface area contributed by atoms with Crippen molar-refractivity contribution in [3.63, 3.8) is 0 Å². The average Bonchev–Trinajstić information content (AvgIpc) is 3.84. The van der Waals surface area contributed by atoms with E-state index in [1.165, 1.54) is 0 Å². The molecule has 2 amide bonds. The van der Waals surface area contributed by atoms with Gasteiger partial charge >= 0.3 is 0 Å². The van der Waals surface area contributed by atoms with Gasteiger partial charge in [0.25, 0.3) is 0 Å². The molecule has 1 heterocycles. The van der Waals surface area contributed by atoms with Crippen molar-refractivity contribution in [2.75, 3.05) is 0 Å². The topological polar surface area (TPSA) is 108 Å². The molecular weight excluding hydrogens is 584 g/mol. The molecule has 1 aliphatic rings. The highest BCUT2D eigenvalue weighted by molar-refractivity contribution is 7.89. The summed E-state index contributed by atoms with van der Waals surface area (Å²) in [6.07, 6.45) is 5.58. The van der Waals surface area contributed by atoms with E-state index in [0.29, 0.717) is 17.0 Å². The summed E-state index contributed by atoms with van der Waals surface area (Å²) in [5.74, 6) is -0.525. The highest BCUT2D eigenvalue weighted by Crippen LogP contribution is 2.26. The molecular formula is C33H33ClN4O4S. The van der Waals surface area contributed by atoms with Crippen LogP contribution in [0.2, 0.25) is 5.02 Å². The average molecular weight is 617 g/mol. The first-order valence-corrected chi connectivity index (χ1v) is 16.0. The summed E-state index contributed by atoms with van der Waals surface area (Å²) in [5, 5.41) is 3.56. The fourth-order valence-corrected chi connectivity index (χ4v) is 6.16. The van der Waals surface area contributed by atoms with Gasteiger partial charge in [0, 0.05) is 43.0 Å². The van der Waals surface area contributed by atoms with Gasteiger partial charge in [-0.25, -0.2) is 13.1 Å². The fourth-order valence-electron chi connectivity index (χ4n) is 4.73. The lowest BCUT2D eigenvalue weighted by molar-refractivity contribution is -0.141. The largest absolute Gasteiger partial charge is 0.350 e. The normalized spacial score (nSPS) is 13.7. The highest BCUT2D eigenvalue weighted by Gasteiger charge is 2.31. The van der Waals surface area contributed by atoms with Crippen LogP contribution in [0.5, 0.6) is 0 Å². The maximum Gasteiger partial charge on any atom is 0.247 e. The summed E-state index contributed by atoms with van der Waals surface area (Å²) in [6.45, 7) is 0.462. The molecule has 0 radical (unpaired) electrons. The Kier molecular flexibility index (Phi) is 9.86. The zero-order chi connectivity index (χ0) is 30.2. The number of hydrogen-bond donors (Lipinski definition) is 2. The molecule has 0 saturated heterocycles. The van der Waals surface area contributed by atoms with E-state index < -0.39 is 16.1 Å². The molecule has 1 atom stereocenters. The Morgan fingerprint density at radius 1 is 0.884 bits per heavy atom. The number of aromatic nitrogens is 1. The molecule has 4 aromatic rings. The molecule has 0 spiro atoms. The van der Waals surface area contributed by atoms with Gasteiger partial charge in [0.2, 0.25) is 21.8 Å². The van der Waals surface area contributed by atoms with Crippen LogP contribution in [0.25, 0.3) is 0 Å². The Morgan fingerprint density at radius 3 is 2.23 bits per heavy atom. The zero-order valence-electron chi connectivity index (χ0n) is 23.5. The number of sulfonamides is 1. The third-order valence-corrected chi connectivity index (χ3v) is 9.00. The number of amides is 2. The van der Waals surface area contributed by atoms with Crippen molar-refractivity contribution in [3.05, 3.63) is 131 Å². The summed E-state index contributed by atoms with van der Waals surface area (Å²) in [7, 11) is -3.56. The molecule has 0 aliphatic heterocycles. The molecule has 1 fully saturated rings. The van der Waals surface area contributed by atoms with E-state index >= 15 is 0 Å². The number of carbonyl (C=O) groups is 2. The second kappa shape index (κ2) is 13.9. The first kappa shape index (κ1) is 30.4. The summed E-state index contributed by atoms with van der Waals surface area (Å²) in [5.41, 5.74) is 3.18. The molecule has 10 heteroatoms. The number of nitrogens with zero attached hydrogens (tertiary/aromatic N) is 2. The van der Waals surface area contributed by atoms with Gasteiger partial charge in [-0.1, -0.05) is 72.3 Å². The van der Waals surface area contributed by atoms with Crippen LogP contribution < -0.4 is 10.0 Å². The predicted molar refractivity (Wildman–Crippen MR) is 165 cm³/mol. The van der Waals surface area contributed by atoms with Crippen molar-refractivity contribution in [3.8, 4) is 0 Å². The van der Waals surface area contributed by atoms with Gasteiger partial charge in [0.1, 0.15) is 6.04 Å². The highest BCUT2D eigenvalue weighted by atomic mass is 35.5. The van der Waals surface area contributed by atoms with Crippen LogP contribution in [-0.4, -0.2) is 36.2 Å². The summed E-state index contributed by atoms with van der Waals surface area (Å²) in [6, 6.07) is 25.8. The Labute approximate surface area is 257 Å². The molecule has 1 aliphatic carbocycles. The van der Waals surface area contributed by atoms with Crippen molar-refractivity contribution in [2.45, 2.75) is 55.8 Å². The monoisotopic (exact) mass is 616 g/mol. The first-order chi connectivity index (χ1) is 20.8. The van der Waals surface area contributed by atoms with E-state index in [1.807, 2.05) is 48.5 Å². The number of aryl methyl sites for hydroxylation is 1. The fraction of sp³-hybridized carbons (Fsp3) is 0.242. The number of rotatable bonds is 13. The van der Waals surface area contributed by atoms with Crippen molar-refractivity contribution < 1.29 is 18.0 Å². The van der Waals surface area contributed by atoms with E-state index in [2.05, 4.69) is 15.0 Å². The molecule has 5 rings (SSSR count). The Hall–Kier alpha value is -4.05. The Balaban J connectivity index is 1.37. The van der Waals surface area contributed by atoms with E-state index in [9.17, 15) is 18.0 Å². The molecule has 3 aromatic carbocycles. The van der Waals surface area contributed by atoms with Crippen LogP contribution in [0.1, 0.15) is 47.6 Å². The number of nitrogens with one attached hydrogen (secondary N) is 2. The second-order valence-corrected chi connectivity index (χ2v) is 12.7. The number of benzene rings is 3. The van der Waals surface area contributed by atoms with Gasteiger partial charge in [-0.15, -0.1) is 0 Å². The van der Waals surface area contributed by atoms with Gasteiger partial charge in [0.05, 0.1) is 4.90 Å². The molecule has 1 unspecified atom stereocenters. The predicted octanol–water partition coefficient (Wildman–Crippen LogP) is 5.19. The maximum absolute atomic E-state index is 13.9. The minimum absolute atomic E-state index is 0.0213. The van der Waals surface area contributed by atoms with Crippen LogP contribution in [0.3, 0.4) is 0 Å². The van der Waals surface area contributed by atoms with Gasteiger partial charge in [-0.3, -0.25) is 14.6 Å². The number of pyridine rings is 1. The molecule has 43 heavy (non-hydrogen) atoms. The minimum Gasteiger partial charge on any atom is -0.350 e. The molecule has 222 valence electrons.